The second-order valence-electron chi connectivity index (χ2n) is 5.43. The molecular weight excluding hydrogens is 240 g/mol. The number of nitrogens with zero attached hydrogens (tertiary/aromatic N) is 2. The van der Waals surface area contributed by atoms with Crippen molar-refractivity contribution in [2.45, 2.75) is 26.7 Å². The number of carbonyl (C=O) groups excluding carboxylic acids is 1. The fourth-order valence-corrected chi connectivity index (χ4v) is 2.50. The van der Waals surface area contributed by atoms with Crippen molar-refractivity contribution < 1.29 is 4.79 Å². The molecule has 0 saturated carbocycles. The van der Waals surface area contributed by atoms with Gasteiger partial charge in [-0.3, -0.25) is 14.7 Å². The first-order valence-corrected chi connectivity index (χ1v) is 6.79. The summed E-state index contributed by atoms with van der Waals surface area (Å²) in [6.07, 6.45) is 4.03. The highest BCUT2D eigenvalue weighted by Gasteiger charge is 2.18. The topological polar surface area (TPSA) is 71.2 Å². The van der Waals surface area contributed by atoms with Crippen molar-refractivity contribution in [3.63, 3.8) is 0 Å². The molecule has 1 aromatic heterocycles. The molecule has 1 aliphatic rings. The number of carbonyl (C=O) groups is 1. The summed E-state index contributed by atoms with van der Waals surface area (Å²) < 4.78 is 0. The second kappa shape index (κ2) is 6.02. The Bertz CT molecular complexity index is 461. The molecule has 0 bridgehead atoms. The molecule has 19 heavy (non-hydrogen) atoms. The van der Waals surface area contributed by atoms with E-state index in [1.165, 1.54) is 12.8 Å². The molecular formula is C14H22N4O. The van der Waals surface area contributed by atoms with Gasteiger partial charge in [-0.05, 0) is 38.3 Å². The Morgan fingerprint density at radius 2 is 2.42 bits per heavy atom. The maximum Gasteiger partial charge on any atom is 0.238 e. The third-order valence-corrected chi connectivity index (χ3v) is 3.49. The number of anilines is 2. The Hall–Kier alpha value is -1.62. The van der Waals surface area contributed by atoms with Crippen molar-refractivity contribution in [3.8, 4) is 0 Å². The van der Waals surface area contributed by atoms with E-state index in [9.17, 15) is 4.79 Å². The molecule has 5 heteroatoms. The molecule has 1 aliphatic heterocycles. The van der Waals surface area contributed by atoms with E-state index in [0.717, 1.165) is 18.8 Å². The molecule has 0 aliphatic carbocycles. The maximum absolute atomic E-state index is 12.0. The zero-order valence-corrected chi connectivity index (χ0v) is 11.6. The summed E-state index contributed by atoms with van der Waals surface area (Å²) in [5.41, 5.74) is 7.73. The quantitative estimate of drug-likeness (QED) is 0.868. The average Bonchev–Trinajstić information content (AvgIpc) is 2.34. The number of hydrogen-bond donors (Lipinski definition) is 2. The van der Waals surface area contributed by atoms with Gasteiger partial charge in [0.15, 0.2) is 0 Å². The molecule has 0 radical (unpaired) electrons. The van der Waals surface area contributed by atoms with Gasteiger partial charge in [0.05, 0.1) is 29.8 Å². The van der Waals surface area contributed by atoms with E-state index < -0.39 is 0 Å². The van der Waals surface area contributed by atoms with E-state index in [2.05, 4.69) is 22.1 Å². The van der Waals surface area contributed by atoms with Crippen LogP contribution in [0.25, 0.3) is 0 Å². The van der Waals surface area contributed by atoms with Gasteiger partial charge in [-0.15, -0.1) is 0 Å². The number of pyridine rings is 1. The van der Waals surface area contributed by atoms with Gasteiger partial charge >= 0.3 is 0 Å². The zero-order valence-electron chi connectivity index (χ0n) is 11.6. The van der Waals surface area contributed by atoms with E-state index in [1.807, 2.05) is 6.92 Å². The number of likely N-dealkylation sites (tertiary alicyclic amines) is 1. The van der Waals surface area contributed by atoms with Crippen LogP contribution in [0.2, 0.25) is 0 Å². The summed E-state index contributed by atoms with van der Waals surface area (Å²) in [6, 6.07) is 1.75. The van der Waals surface area contributed by atoms with E-state index in [0.29, 0.717) is 23.8 Å². The molecule has 2 heterocycles. The van der Waals surface area contributed by atoms with E-state index in [-0.39, 0.29) is 5.91 Å². The van der Waals surface area contributed by atoms with Crippen LogP contribution in [0.1, 0.15) is 25.5 Å². The van der Waals surface area contributed by atoms with Gasteiger partial charge in [0.2, 0.25) is 5.91 Å². The molecule has 3 N–H and O–H groups in total. The maximum atomic E-state index is 12.0. The SMILES string of the molecule is Cc1ncc(N)cc1NC(=O)CN1CCC[C@H](C)C1. The lowest BCUT2D eigenvalue weighted by Gasteiger charge is -2.30. The Morgan fingerprint density at radius 1 is 1.63 bits per heavy atom. The van der Waals surface area contributed by atoms with E-state index >= 15 is 0 Å². The highest BCUT2D eigenvalue weighted by atomic mass is 16.2. The number of nitrogen functional groups attached to an aromatic ring is 1. The monoisotopic (exact) mass is 262 g/mol. The average molecular weight is 262 g/mol. The number of aryl methyl sites for hydroxylation is 1. The minimum absolute atomic E-state index is 0.00426. The standard InChI is InChI=1S/C14H22N4O/c1-10-4-3-5-18(8-10)9-14(19)17-13-6-12(15)7-16-11(13)2/h6-7,10H,3-5,8-9,15H2,1-2H3,(H,17,19)/t10-/m0/s1. The minimum Gasteiger partial charge on any atom is -0.397 e. The summed E-state index contributed by atoms with van der Waals surface area (Å²) in [5, 5.41) is 2.89. The molecule has 1 amide bonds. The summed E-state index contributed by atoms with van der Waals surface area (Å²) in [5.74, 6) is 0.682. The summed E-state index contributed by atoms with van der Waals surface area (Å²) in [7, 11) is 0. The van der Waals surface area contributed by atoms with Crippen LogP contribution in [0.4, 0.5) is 11.4 Å². The van der Waals surface area contributed by atoms with Gasteiger partial charge in [0, 0.05) is 6.54 Å². The Kier molecular flexibility index (Phi) is 4.37. The van der Waals surface area contributed by atoms with E-state index in [1.54, 1.807) is 12.3 Å². The third-order valence-electron chi connectivity index (χ3n) is 3.49. The molecule has 1 aromatic rings. The zero-order chi connectivity index (χ0) is 13.8. The molecule has 2 rings (SSSR count). The Balaban J connectivity index is 1.92. The van der Waals surface area contributed by atoms with Crippen LogP contribution in [0.3, 0.4) is 0 Å². The highest BCUT2D eigenvalue weighted by molar-refractivity contribution is 5.93. The Labute approximate surface area is 114 Å². The van der Waals surface area contributed by atoms with E-state index in [4.69, 9.17) is 5.73 Å². The number of piperidine rings is 1. The van der Waals surface area contributed by atoms with Gasteiger partial charge in [-0.25, -0.2) is 0 Å². The van der Waals surface area contributed by atoms with Gasteiger partial charge < -0.3 is 11.1 Å². The molecule has 0 unspecified atom stereocenters. The molecule has 5 nitrogen and oxygen atoms in total. The number of nitrogens with one attached hydrogen (secondary N) is 1. The first kappa shape index (κ1) is 13.8. The number of hydrogen-bond acceptors (Lipinski definition) is 4. The van der Waals surface area contributed by atoms with Crippen LogP contribution < -0.4 is 11.1 Å². The fourth-order valence-electron chi connectivity index (χ4n) is 2.50. The number of rotatable bonds is 3. The summed E-state index contributed by atoms with van der Waals surface area (Å²) in [6.45, 7) is 6.54. The largest absolute Gasteiger partial charge is 0.397 e. The van der Waals surface area contributed by atoms with Crippen LogP contribution in [-0.4, -0.2) is 35.4 Å². The van der Waals surface area contributed by atoms with Crippen LogP contribution in [0.5, 0.6) is 0 Å². The number of amides is 1. The van der Waals surface area contributed by atoms with Gasteiger partial charge in [0.1, 0.15) is 0 Å². The van der Waals surface area contributed by atoms with Gasteiger partial charge in [-0.2, -0.15) is 0 Å². The highest BCUT2D eigenvalue weighted by Crippen LogP contribution is 2.17. The normalized spacial score (nSPS) is 20.2. The predicted molar refractivity (Wildman–Crippen MR) is 76.9 cm³/mol. The van der Waals surface area contributed by atoms with Crippen molar-refractivity contribution in [2.75, 3.05) is 30.7 Å². The minimum atomic E-state index is 0.00426. The van der Waals surface area contributed by atoms with Crippen molar-refractivity contribution in [3.05, 3.63) is 18.0 Å². The molecule has 1 fully saturated rings. The molecule has 0 aromatic carbocycles. The first-order valence-electron chi connectivity index (χ1n) is 6.79. The fraction of sp³-hybridized carbons (Fsp3) is 0.571. The van der Waals surface area contributed by atoms with Crippen molar-refractivity contribution in [1.82, 2.24) is 9.88 Å². The van der Waals surface area contributed by atoms with Crippen molar-refractivity contribution in [1.29, 1.82) is 0 Å². The lowest BCUT2D eigenvalue weighted by molar-refractivity contribution is -0.117. The smallest absolute Gasteiger partial charge is 0.238 e. The van der Waals surface area contributed by atoms with Crippen molar-refractivity contribution in [2.24, 2.45) is 5.92 Å². The van der Waals surface area contributed by atoms with Crippen molar-refractivity contribution >= 4 is 17.3 Å². The summed E-state index contributed by atoms with van der Waals surface area (Å²) >= 11 is 0. The lowest BCUT2D eigenvalue weighted by atomic mass is 10.0. The van der Waals surface area contributed by atoms with Gasteiger partial charge in [0.25, 0.3) is 0 Å². The van der Waals surface area contributed by atoms with Crippen LogP contribution in [-0.2, 0) is 4.79 Å². The number of aromatic nitrogens is 1. The molecule has 0 spiro atoms. The van der Waals surface area contributed by atoms with Crippen LogP contribution in [0, 0.1) is 12.8 Å². The predicted octanol–water partition coefficient (Wildman–Crippen LogP) is 1.64. The summed E-state index contributed by atoms with van der Waals surface area (Å²) in [4.78, 5) is 18.4. The van der Waals surface area contributed by atoms with Gasteiger partial charge in [-0.1, -0.05) is 6.92 Å². The van der Waals surface area contributed by atoms with Crippen LogP contribution >= 0.6 is 0 Å². The molecule has 1 saturated heterocycles. The Morgan fingerprint density at radius 3 is 3.16 bits per heavy atom. The second-order valence-corrected chi connectivity index (χ2v) is 5.43. The van der Waals surface area contributed by atoms with Crippen LogP contribution in [0.15, 0.2) is 12.3 Å². The lowest BCUT2D eigenvalue weighted by Crippen LogP contribution is -2.39. The number of nitrogens with two attached hydrogens (primary N) is 1. The molecule has 1 atom stereocenters. The molecule has 104 valence electrons. The third kappa shape index (κ3) is 3.92. The first-order chi connectivity index (χ1) is 9.04.